The SMILES string of the molecule is CCCCCCCC/C=C/[C@@H](NS(=O)C(C)(C)C)C(F)(F)F. The number of rotatable bonds is 10. The summed E-state index contributed by atoms with van der Waals surface area (Å²) >= 11 is 0. The molecule has 22 heavy (non-hydrogen) atoms. The van der Waals surface area contributed by atoms with Crippen molar-refractivity contribution in [3.8, 4) is 0 Å². The van der Waals surface area contributed by atoms with Crippen LogP contribution in [0.1, 0.15) is 72.6 Å². The van der Waals surface area contributed by atoms with E-state index in [1.807, 2.05) is 0 Å². The van der Waals surface area contributed by atoms with E-state index in [1.165, 1.54) is 19.3 Å². The number of hydrogen-bond donors (Lipinski definition) is 1. The number of alkyl halides is 3. The molecule has 0 aliphatic heterocycles. The van der Waals surface area contributed by atoms with Crippen molar-refractivity contribution in [3.05, 3.63) is 12.2 Å². The largest absolute Gasteiger partial charge is 0.408 e. The lowest BCUT2D eigenvalue weighted by molar-refractivity contribution is -0.140. The van der Waals surface area contributed by atoms with E-state index in [0.717, 1.165) is 25.3 Å². The maximum atomic E-state index is 12.9. The highest BCUT2D eigenvalue weighted by atomic mass is 32.2. The molecular weight excluding hydrogens is 311 g/mol. The second-order valence-corrected chi connectivity index (χ2v) is 8.50. The van der Waals surface area contributed by atoms with Crippen LogP contribution in [-0.2, 0) is 11.0 Å². The molecule has 2 atom stereocenters. The van der Waals surface area contributed by atoms with Crippen molar-refractivity contribution in [1.29, 1.82) is 0 Å². The number of hydrogen-bond acceptors (Lipinski definition) is 1. The van der Waals surface area contributed by atoms with Gasteiger partial charge in [0.2, 0.25) is 0 Å². The van der Waals surface area contributed by atoms with Gasteiger partial charge < -0.3 is 0 Å². The first-order chi connectivity index (χ1) is 10.1. The molecule has 6 heteroatoms. The van der Waals surface area contributed by atoms with Crippen LogP contribution in [0.5, 0.6) is 0 Å². The second-order valence-electron chi connectivity index (χ2n) is 6.50. The minimum atomic E-state index is -4.43. The molecule has 1 unspecified atom stereocenters. The fourth-order valence-corrected chi connectivity index (χ4v) is 2.58. The van der Waals surface area contributed by atoms with Crippen LogP contribution < -0.4 is 4.72 Å². The minimum absolute atomic E-state index is 0.628. The fourth-order valence-electron chi connectivity index (χ4n) is 1.78. The predicted octanol–water partition coefficient (Wildman–Crippen LogP) is 5.28. The molecule has 0 fully saturated rings. The Kier molecular flexibility index (Phi) is 10.3. The van der Waals surface area contributed by atoms with E-state index >= 15 is 0 Å². The molecule has 1 N–H and O–H groups in total. The van der Waals surface area contributed by atoms with Gasteiger partial charge in [0.05, 0.1) is 15.7 Å². The monoisotopic (exact) mass is 341 g/mol. The third kappa shape index (κ3) is 10.4. The molecule has 0 aromatic rings. The van der Waals surface area contributed by atoms with Gasteiger partial charge in [0.1, 0.15) is 6.04 Å². The standard InChI is InChI=1S/C16H30F3NOS/c1-5-6-7-8-9-10-11-12-13-14(16(17,18)19)20-22(21)15(2,3)4/h12-14,20H,5-11H2,1-4H3/b13-12+/t14-,22?/m1/s1. The summed E-state index contributed by atoms with van der Waals surface area (Å²) < 4.78 is 52.1. The molecule has 0 rings (SSSR count). The Morgan fingerprint density at radius 3 is 2.09 bits per heavy atom. The van der Waals surface area contributed by atoms with E-state index in [9.17, 15) is 17.4 Å². The molecule has 0 aliphatic rings. The van der Waals surface area contributed by atoms with Crippen LogP contribution in [0.3, 0.4) is 0 Å². The molecule has 2 nitrogen and oxygen atoms in total. The van der Waals surface area contributed by atoms with Crippen molar-refractivity contribution < 1.29 is 17.4 Å². The van der Waals surface area contributed by atoms with E-state index in [0.29, 0.717) is 6.42 Å². The van der Waals surface area contributed by atoms with Crippen LogP contribution in [-0.4, -0.2) is 21.2 Å². The van der Waals surface area contributed by atoms with Crippen molar-refractivity contribution in [2.75, 3.05) is 0 Å². The number of halogens is 3. The van der Waals surface area contributed by atoms with Gasteiger partial charge in [-0.25, -0.2) is 8.93 Å². The van der Waals surface area contributed by atoms with E-state index < -0.39 is 28.0 Å². The molecule has 0 aliphatic carbocycles. The first-order valence-corrected chi connectivity index (χ1v) is 9.15. The molecule has 0 amide bonds. The molecule has 0 aromatic heterocycles. The Morgan fingerprint density at radius 2 is 1.59 bits per heavy atom. The lowest BCUT2D eigenvalue weighted by Crippen LogP contribution is -2.46. The van der Waals surface area contributed by atoms with Crippen LogP contribution in [0.2, 0.25) is 0 Å². The first kappa shape index (κ1) is 21.6. The molecule has 0 spiro atoms. The molecule has 0 bridgehead atoms. The molecule has 132 valence electrons. The molecule has 0 heterocycles. The summed E-state index contributed by atoms with van der Waals surface area (Å²) in [6.45, 7) is 7.07. The van der Waals surface area contributed by atoms with Gasteiger partial charge in [-0.15, -0.1) is 0 Å². The van der Waals surface area contributed by atoms with Crippen molar-refractivity contribution in [3.63, 3.8) is 0 Å². The smallest absolute Gasteiger partial charge is 0.242 e. The van der Waals surface area contributed by atoms with Crippen molar-refractivity contribution in [2.24, 2.45) is 0 Å². The maximum absolute atomic E-state index is 12.9. The molecule has 0 radical (unpaired) electrons. The summed E-state index contributed by atoms with van der Waals surface area (Å²) in [5, 5.41) is 0. The van der Waals surface area contributed by atoms with Gasteiger partial charge in [0, 0.05) is 0 Å². The lowest BCUT2D eigenvalue weighted by Gasteiger charge is -2.24. The number of allylic oxidation sites excluding steroid dienone is 1. The van der Waals surface area contributed by atoms with E-state index in [2.05, 4.69) is 11.6 Å². The average molecular weight is 341 g/mol. The van der Waals surface area contributed by atoms with Gasteiger partial charge in [0.25, 0.3) is 0 Å². The third-order valence-corrected chi connectivity index (χ3v) is 4.78. The Hall–Kier alpha value is -0.360. The Bertz CT molecular complexity index is 348. The molecule has 0 aromatic carbocycles. The van der Waals surface area contributed by atoms with Gasteiger partial charge in [-0.2, -0.15) is 13.2 Å². The van der Waals surface area contributed by atoms with Gasteiger partial charge in [-0.1, -0.05) is 51.2 Å². The van der Waals surface area contributed by atoms with Crippen LogP contribution in [0, 0.1) is 0 Å². The van der Waals surface area contributed by atoms with E-state index in [-0.39, 0.29) is 0 Å². The maximum Gasteiger partial charge on any atom is 0.408 e. The summed E-state index contributed by atoms with van der Waals surface area (Å²) in [6, 6.07) is -1.85. The van der Waals surface area contributed by atoms with Crippen LogP contribution in [0.15, 0.2) is 12.2 Å². The van der Waals surface area contributed by atoms with Gasteiger partial charge >= 0.3 is 6.18 Å². The fraction of sp³-hybridized carbons (Fsp3) is 0.875. The summed E-state index contributed by atoms with van der Waals surface area (Å²) in [5.41, 5.74) is 0. The van der Waals surface area contributed by atoms with E-state index in [1.54, 1.807) is 26.8 Å². The molecule has 0 saturated carbocycles. The summed E-state index contributed by atoms with van der Waals surface area (Å²) in [6.07, 6.45) is 5.50. The van der Waals surface area contributed by atoms with Crippen molar-refractivity contribution in [2.45, 2.75) is 89.6 Å². The van der Waals surface area contributed by atoms with Gasteiger partial charge in [-0.3, -0.25) is 0 Å². The summed E-state index contributed by atoms with van der Waals surface area (Å²) in [7, 11) is -1.75. The average Bonchev–Trinajstić information content (AvgIpc) is 2.37. The number of unbranched alkanes of at least 4 members (excludes halogenated alkanes) is 6. The Labute approximate surface area is 135 Å². The predicted molar refractivity (Wildman–Crippen MR) is 88.0 cm³/mol. The van der Waals surface area contributed by atoms with E-state index in [4.69, 9.17) is 0 Å². The highest BCUT2D eigenvalue weighted by Gasteiger charge is 2.40. The van der Waals surface area contributed by atoms with Crippen molar-refractivity contribution in [1.82, 2.24) is 4.72 Å². The van der Waals surface area contributed by atoms with Crippen LogP contribution >= 0.6 is 0 Å². The van der Waals surface area contributed by atoms with Crippen LogP contribution in [0.25, 0.3) is 0 Å². The zero-order valence-corrected chi connectivity index (χ0v) is 14.9. The summed E-state index contributed by atoms with van der Waals surface area (Å²) in [4.78, 5) is 0. The van der Waals surface area contributed by atoms with Gasteiger partial charge in [0.15, 0.2) is 0 Å². The molecule has 0 saturated heterocycles. The highest BCUT2D eigenvalue weighted by molar-refractivity contribution is 7.84. The molecular formula is C16H30F3NOS. The van der Waals surface area contributed by atoms with Crippen molar-refractivity contribution >= 4 is 11.0 Å². The zero-order chi connectivity index (χ0) is 17.2. The third-order valence-electron chi connectivity index (χ3n) is 3.20. The van der Waals surface area contributed by atoms with Gasteiger partial charge in [-0.05, 0) is 33.6 Å². The Morgan fingerprint density at radius 1 is 1.05 bits per heavy atom. The first-order valence-electron chi connectivity index (χ1n) is 8.00. The Balaban J connectivity index is 4.26. The number of nitrogens with one attached hydrogen (secondary N) is 1. The topological polar surface area (TPSA) is 29.1 Å². The summed E-state index contributed by atoms with van der Waals surface area (Å²) in [5.74, 6) is 0. The lowest BCUT2D eigenvalue weighted by atomic mass is 10.1. The van der Waals surface area contributed by atoms with Crippen LogP contribution in [0.4, 0.5) is 13.2 Å². The quantitative estimate of drug-likeness (QED) is 0.425. The zero-order valence-electron chi connectivity index (χ0n) is 14.1. The normalized spacial score (nSPS) is 16.1. The highest BCUT2D eigenvalue weighted by Crippen LogP contribution is 2.23. The second kappa shape index (κ2) is 10.4. The minimum Gasteiger partial charge on any atom is -0.242 e.